The van der Waals surface area contributed by atoms with Gasteiger partial charge in [0.05, 0.1) is 11.2 Å². The van der Waals surface area contributed by atoms with Gasteiger partial charge in [-0.15, -0.1) is 0 Å². The van der Waals surface area contributed by atoms with Crippen molar-refractivity contribution in [2.24, 2.45) is 0 Å². The molecule has 0 bridgehead atoms. The number of carbonyl (C=O) groups excluding carboxylic acids is 1. The number of benzene rings is 3. The van der Waals surface area contributed by atoms with E-state index in [1.807, 2.05) is 45.0 Å². The number of hydrogen-bond donors (Lipinski definition) is 1. The second kappa shape index (κ2) is 9.71. The molecule has 3 aromatic rings. The number of nitrogens with zero attached hydrogens (tertiary/aromatic N) is 1. The zero-order chi connectivity index (χ0) is 27.2. The molecule has 1 amide bonds. The Morgan fingerprint density at radius 3 is 2.11 bits per heavy atom. The van der Waals surface area contributed by atoms with Gasteiger partial charge in [0.1, 0.15) is 0 Å². The lowest BCUT2D eigenvalue weighted by molar-refractivity contribution is -0.160. The summed E-state index contributed by atoms with van der Waals surface area (Å²) in [6, 6.07) is 11.4. The fourth-order valence-electron chi connectivity index (χ4n) is 5.01. The predicted molar refractivity (Wildman–Crippen MR) is 137 cm³/mol. The Morgan fingerprint density at radius 1 is 0.946 bits per heavy atom. The number of aliphatic carboxylic acids is 1. The number of aryl methyl sites for hydroxylation is 1. The average Bonchev–Trinajstić information content (AvgIpc) is 3.28. The van der Waals surface area contributed by atoms with Crippen LogP contribution in [0.4, 0.5) is 8.78 Å². The zero-order valence-electron chi connectivity index (χ0n) is 21.9. The number of carboxylic acids is 1. The summed E-state index contributed by atoms with van der Waals surface area (Å²) in [5.74, 6) is -3.99. The smallest absolute Gasteiger partial charge is 0.337 e. The minimum Gasteiger partial charge on any atom is -0.479 e. The van der Waals surface area contributed by atoms with Crippen molar-refractivity contribution < 1.29 is 28.2 Å². The van der Waals surface area contributed by atoms with Gasteiger partial charge < -0.3 is 14.7 Å². The van der Waals surface area contributed by atoms with Crippen molar-refractivity contribution in [1.29, 1.82) is 0 Å². The molecule has 3 aromatic carbocycles. The van der Waals surface area contributed by atoms with Crippen LogP contribution in [0.5, 0.6) is 0 Å². The molecule has 5 nitrogen and oxygen atoms in total. The molecule has 0 spiro atoms. The van der Waals surface area contributed by atoms with Gasteiger partial charge in [-0.05, 0) is 87.1 Å². The van der Waals surface area contributed by atoms with E-state index in [1.165, 1.54) is 17.0 Å². The molecule has 0 saturated carbocycles. The van der Waals surface area contributed by atoms with Crippen molar-refractivity contribution in [3.63, 3.8) is 0 Å². The van der Waals surface area contributed by atoms with Gasteiger partial charge in [-0.25, -0.2) is 13.6 Å². The molecule has 37 heavy (non-hydrogen) atoms. The molecule has 1 N–H and O–H groups in total. The number of rotatable bonds is 5. The Hall–Kier alpha value is -3.58. The number of hydrogen-bond acceptors (Lipinski definition) is 3. The Labute approximate surface area is 215 Å². The second-order valence-corrected chi connectivity index (χ2v) is 10.6. The highest BCUT2D eigenvalue weighted by Gasteiger charge is 2.37. The third kappa shape index (κ3) is 5.01. The number of carboxylic acid groups (broad SMARTS) is 1. The van der Waals surface area contributed by atoms with E-state index in [2.05, 4.69) is 0 Å². The highest BCUT2D eigenvalue weighted by Crippen LogP contribution is 2.44. The van der Waals surface area contributed by atoms with Gasteiger partial charge in [0.15, 0.2) is 17.7 Å². The second-order valence-electron chi connectivity index (χ2n) is 10.6. The maximum atomic E-state index is 14.4. The molecular formula is C30H31F2NO4. The molecule has 1 heterocycles. The van der Waals surface area contributed by atoms with E-state index in [9.17, 15) is 23.5 Å². The van der Waals surface area contributed by atoms with E-state index in [4.69, 9.17) is 4.74 Å². The maximum Gasteiger partial charge on any atom is 0.337 e. The predicted octanol–water partition coefficient (Wildman–Crippen LogP) is 6.65. The molecule has 0 fully saturated rings. The molecule has 0 saturated heterocycles. The van der Waals surface area contributed by atoms with Crippen LogP contribution in [0.15, 0.2) is 42.5 Å². The van der Waals surface area contributed by atoms with Crippen LogP contribution in [0.1, 0.15) is 70.6 Å². The summed E-state index contributed by atoms with van der Waals surface area (Å²) < 4.78 is 34.3. The fraction of sp³-hybridized carbons (Fsp3) is 0.333. The Balaban J connectivity index is 1.90. The normalized spacial score (nSPS) is 14.0. The molecule has 0 aliphatic carbocycles. The van der Waals surface area contributed by atoms with E-state index >= 15 is 0 Å². The highest BCUT2D eigenvalue weighted by atomic mass is 19.2. The van der Waals surface area contributed by atoms with Crippen LogP contribution in [-0.2, 0) is 22.6 Å². The van der Waals surface area contributed by atoms with Crippen LogP contribution in [0, 0.1) is 32.4 Å². The number of carbonyl (C=O) groups is 2. The van der Waals surface area contributed by atoms with Crippen LogP contribution in [0.2, 0.25) is 0 Å². The maximum absolute atomic E-state index is 14.4. The standard InChI is InChI=1S/C30H31F2NO4/c1-16-10-12-19(13-11-16)24-17(2)21-14-33(28(34)20-8-7-9-23(31)26(20)32)15-22(21)18(3)25(24)27(29(35)36)37-30(4,5)6/h7-13,27H,14-15H2,1-6H3,(H,35,36). The average molecular weight is 508 g/mol. The molecule has 4 rings (SSSR count). The van der Waals surface area contributed by atoms with Gasteiger partial charge in [-0.2, -0.15) is 0 Å². The van der Waals surface area contributed by atoms with Gasteiger partial charge >= 0.3 is 5.97 Å². The molecule has 1 atom stereocenters. The number of amides is 1. The van der Waals surface area contributed by atoms with Crippen LogP contribution < -0.4 is 0 Å². The van der Waals surface area contributed by atoms with Gasteiger partial charge in [0.25, 0.3) is 5.91 Å². The Bertz CT molecular complexity index is 1390. The lowest BCUT2D eigenvalue weighted by Crippen LogP contribution is -2.28. The van der Waals surface area contributed by atoms with E-state index in [-0.39, 0.29) is 18.7 Å². The third-order valence-corrected chi connectivity index (χ3v) is 6.78. The minimum absolute atomic E-state index is 0.153. The first-order chi connectivity index (χ1) is 17.3. The third-order valence-electron chi connectivity index (χ3n) is 6.78. The lowest BCUT2D eigenvalue weighted by Gasteiger charge is -2.29. The van der Waals surface area contributed by atoms with Crippen LogP contribution in [0.3, 0.4) is 0 Å². The minimum atomic E-state index is -1.24. The molecule has 1 aliphatic rings. The Kier molecular flexibility index (Phi) is 6.95. The summed E-state index contributed by atoms with van der Waals surface area (Å²) in [6.07, 6.45) is -1.24. The quantitative estimate of drug-likeness (QED) is 0.420. The summed E-state index contributed by atoms with van der Waals surface area (Å²) in [6.45, 7) is 11.5. The van der Waals surface area contributed by atoms with Crippen LogP contribution >= 0.6 is 0 Å². The summed E-state index contributed by atoms with van der Waals surface area (Å²) in [4.78, 5) is 27.2. The highest BCUT2D eigenvalue weighted by molar-refractivity contribution is 5.95. The number of fused-ring (bicyclic) bond motifs is 1. The van der Waals surface area contributed by atoms with Crippen molar-refractivity contribution in [3.8, 4) is 11.1 Å². The van der Waals surface area contributed by atoms with Crippen LogP contribution in [-0.4, -0.2) is 27.5 Å². The Morgan fingerprint density at radius 2 is 1.54 bits per heavy atom. The molecule has 0 aromatic heterocycles. The number of ether oxygens (including phenoxy) is 1. The molecular weight excluding hydrogens is 476 g/mol. The van der Waals surface area contributed by atoms with Crippen molar-refractivity contribution in [3.05, 3.63) is 93.0 Å². The van der Waals surface area contributed by atoms with Gasteiger partial charge in [-0.3, -0.25) is 4.79 Å². The van der Waals surface area contributed by atoms with E-state index in [1.54, 1.807) is 20.8 Å². The summed E-state index contributed by atoms with van der Waals surface area (Å²) in [5.41, 5.74) is 5.35. The van der Waals surface area contributed by atoms with Crippen molar-refractivity contribution in [2.75, 3.05) is 0 Å². The SMILES string of the molecule is Cc1ccc(-c2c(C)c3c(c(C)c2C(OC(C)(C)C)C(=O)O)CN(C(=O)c2cccc(F)c2F)C3)cc1. The first kappa shape index (κ1) is 26.5. The van der Waals surface area contributed by atoms with Crippen LogP contribution in [0.25, 0.3) is 11.1 Å². The largest absolute Gasteiger partial charge is 0.479 e. The van der Waals surface area contributed by atoms with Gasteiger partial charge in [-0.1, -0.05) is 35.9 Å². The summed E-state index contributed by atoms with van der Waals surface area (Å²) in [7, 11) is 0. The fourth-order valence-corrected chi connectivity index (χ4v) is 5.01. The summed E-state index contributed by atoms with van der Waals surface area (Å²) >= 11 is 0. The molecule has 7 heteroatoms. The lowest BCUT2D eigenvalue weighted by atomic mass is 9.83. The topological polar surface area (TPSA) is 66.8 Å². The number of halogens is 2. The van der Waals surface area contributed by atoms with Crippen molar-refractivity contribution >= 4 is 11.9 Å². The van der Waals surface area contributed by atoms with E-state index < -0.39 is 35.2 Å². The first-order valence-electron chi connectivity index (χ1n) is 12.2. The molecule has 1 unspecified atom stereocenters. The summed E-state index contributed by atoms with van der Waals surface area (Å²) in [5, 5.41) is 10.2. The first-order valence-corrected chi connectivity index (χ1v) is 12.2. The molecule has 194 valence electrons. The van der Waals surface area contributed by atoms with Gasteiger partial charge in [0, 0.05) is 18.7 Å². The van der Waals surface area contributed by atoms with Crippen molar-refractivity contribution in [2.45, 2.75) is 66.3 Å². The molecule has 1 aliphatic heterocycles. The molecule has 0 radical (unpaired) electrons. The van der Waals surface area contributed by atoms with Gasteiger partial charge in [0.2, 0.25) is 0 Å². The monoisotopic (exact) mass is 507 g/mol. The van der Waals surface area contributed by atoms with E-state index in [0.29, 0.717) is 11.1 Å². The van der Waals surface area contributed by atoms with E-state index in [0.717, 1.165) is 39.4 Å². The zero-order valence-corrected chi connectivity index (χ0v) is 21.9. The van der Waals surface area contributed by atoms with Crippen molar-refractivity contribution in [1.82, 2.24) is 4.90 Å².